The molecule has 0 heterocycles. The van der Waals surface area contributed by atoms with Crippen LogP contribution in [0.3, 0.4) is 0 Å². The van der Waals surface area contributed by atoms with Gasteiger partial charge in [-0.05, 0) is 44.5 Å². The van der Waals surface area contributed by atoms with Crippen LogP contribution in [0.15, 0.2) is 18.2 Å². The molecule has 1 unspecified atom stereocenters. The molecule has 0 spiro atoms. The molecule has 0 aliphatic rings. The van der Waals surface area contributed by atoms with Crippen LogP contribution in [0.2, 0.25) is 0 Å². The first-order chi connectivity index (χ1) is 7.54. The fourth-order valence-electron chi connectivity index (χ4n) is 1.73. The lowest BCUT2D eigenvalue weighted by Crippen LogP contribution is -2.28. The number of carbonyl (C=O) groups is 1. The van der Waals surface area contributed by atoms with E-state index in [1.54, 1.807) is 0 Å². The molecule has 2 nitrogen and oxygen atoms in total. The summed E-state index contributed by atoms with van der Waals surface area (Å²) in [4.78, 5) is 12.0. The molecule has 1 aromatic carbocycles. The van der Waals surface area contributed by atoms with Crippen LogP contribution in [-0.2, 0) is 0 Å². The highest BCUT2D eigenvalue weighted by Gasteiger charge is 2.10. The van der Waals surface area contributed by atoms with Crippen LogP contribution in [0.1, 0.15) is 41.8 Å². The highest BCUT2D eigenvalue weighted by atomic mass is 16.1. The third-order valence-corrected chi connectivity index (χ3v) is 2.87. The Bertz CT molecular complexity index is 371. The summed E-state index contributed by atoms with van der Waals surface area (Å²) in [5.74, 6) is 0.219. The van der Waals surface area contributed by atoms with Gasteiger partial charge in [-0.25, -0.2) is 0 Å². The number of hydrogen-bond donors (Lipinski definition) is 1. The van der Waals surface area contributed by atoms with Crippen LogP contribution < -0.4 is 5.32 Å². The Morgan fingerprint density at radius 3 is 2.56 bits per heavy atom. The number of hydrogen-bond acceptors (Lipinski definition) is 2. The van der Waals surface area contributed by atoms with Gasteiger partial charge in [0.25, 0.3) is 0 Å². The molecular weight excluding hydrogens is 198 g/mol. The Morgan fingerprint density at radius 1 is 1.31 bits per heavy atom. The second kappa shape index (κ2) is 5.80. The summed E-state index contributed by atoms with van der Waals surface area (Å²) >= 11 is 0. The van der Waals surface area contributed by atoms with Gasteiger partial charge >= 0.3 is 0 Å². The van der Waals surface area contributed by atoms with Crippen molar-refractivity contribution >= 4 is 5.78 Å². The minimum absolute atomic E-state index is 0.219. The van der Waals surface area contributed by atoms with Crippen molar-refractivity contribution in [1.29, 1.82) is 0 Å². The topological polar surface area (TPSA) is 29.1 Å². The summed E-state index contributed by atoms with van der Waals surface area (Å²) in [6, 6.07) is 6.17. The predicted molar refractivity (Wildman–Crippen MR) is 68.0 cm³/mol. The van der Waals surface area contributed by atoms with Gasteiger partial charge in [0.15, 0.2) is 5.78 Å². The second-order valence-electron chi connectivity index (χ2n) is 4.39. The van der Waals surface area contributed by atoms with Crippen molar-refractivity contribution in [3.63, 3.8) is 0 Å². The number of nitrogens with one attached hydrogen (secondary N) is 1. The average Bonchev–Trinajstić information content (AvgIpc) is 2.22. The van der Waals surface area contributed by atoms with Crippen molar-refractivity contribution in [3.8, 4) is 0 Å². The van der Waals surface area contributed by atoms with Gasteiger partial charge in [0.05, 0.1) is 0 Å². The molecule has 0 radical (unpaired) electrons. The number of carbonyl (C=O) groups excluding carboxylic acids is 1. The van der Waals surface area contributed by atoms with Crippen molar-refractivity contribution in [2.24, 2.45) is 0 Å². The first-order valence-electron chi connectivity index (χ1n) is 5.88. The van der Waals surface area contributed by atoms with E-state index in [9.17, 15) is 4.79 Å². The van der Waals surface area contributed by atoms with Crippen LogP contribution in [-0.4, -0.2) is 18.4 Å². The van der Waals surface area contributed by atoms with Crippen LogP contribution >= 0.6 is 0 Å². The maximum absolute atomic E-state index is 12.0. The van der Waals surface area contributed by atoms with E-state index in [0.29, 0.717) is 6.42 Å². The van der Waals surface area contributed by atoms with Gasteiger partial charge in [0, 0.05) is 18.0 Å². The number of aryl methyl sites for hydroxylation is 2. The van der Waals surface area contributed by atoms with E-state index < -0.39 is 0 Å². The smallest absolute Gasteiger partial charge is 0.164 e. The number of rotatable bonds is 5. The maximum Gasteiger partial charge on any atom is 0.164 e. The van der Waals surface area contributed by atoms with Crippen LogP contribution in [0.5, 0.6) is 0 Å². The molecule has 1 atom stereocenters. The van der Waals surface area contributed by atoms with Gasteiger partial charge < -0.3 is 5.32 Å². The van der Waals surface area contributed by atoms with Crippen molar-refractivity contribution in [2.75, 3.05) is 6.54 Å². The Balaban J connectivity index is 2.69. The molecule has 1 aromatic rings. The van der Waals surface area contributed by atoms with Crippen molar-refractivity contribution in [1.82, 2.24) is 5.32 Å². The normalized spacial score (nSPS) is 12.5. The Kier molecular flexibility index (Phi) is 4.69. The van der Waals surface area contributed by atoms with Crippen molar-refractivity contribution in [2.45, 2.75) is 40.2 Å². The Labute approximate surface area is 98.1 Å². The summed E-state index contributed by atoms with van der Waals surface area (Å²) in [6.45, 7) is 9.10. The zero-order valence-electron chi connectivity index (χ0n) is 10.6. The van der Waals surface area contributed by atoms with E-state index in [4.69, 9.17) is 0 Å². The van der Waals surface area contributed by atoms with E-state index >= 15 is 0 Å². The fourth-order valence-corrected chi connectivity index (χ4v) is 1.73. The van der Waals surface area contributed by atoms with Gasteiger partial charge in [-0.3, -0.25) is 4.79 Å². The van der Waals surface area contributed by atoms with E-state index in [-0.39, 0.29) is 11.8 Å². The molecule has 0 fully saturated rings. The highest BCUT2D eigenvalue weighted by molar-refractivity contribution is 5.96. The molecular formula is C14H21NO. The Morgan fingerprint density at radius 2 is 2.00 bits per heavy atom. The minimum atomic E-state index is 0.219. The quantitative estimate of drug-likeness (QED) is 0.771. The molecule has 88 valence electrons. The summed E-state index contributed by atoms with van der Waals surface area (Å²) in [6.07, 6.45) is 0.566. The van der Waals surface area contributed by atoms with Crippen LogP contribution in [0, 0.1) is 13.8 Å². The molecule has 0 aliphatic heterocycles. The third kappa shape index (κ3) is 3.46. The average molecular weight is 219 g/mol. The SMILES string of the molecule is CCNC(C)CC(=O)c1ccc(C)c(C)c1. The highest BCUT2D eigenvalue weighted by Crippen LogP contribution is 2.12. The van der Waals surface area contributed by atoms with Gasteiger partial charge in [0.1, 0.15) is 0 Å². The lowest BCUT2D eigenvalue weighted by Gasteiger charge is -2.11. The summed E-state index contributed by atoms with van der Waals surface area (Å²) in [5, 5.41) is 3.25. The molecule has 0 saturated carbocycles. The first kappa shape index (κ1) is 12.9. The number of ketones is 1. The van der Waals surface area contributed by atoms with Gasteiger partial charge in [-0.15, -0.1) is 0 Å². The van der Waals surface area contributed by atoms with Crippen molar-refractivity contribution < 1.29 is 4.79 Å². The zero-order valence-corrected chi connectivity index (χ0v) is 10.6. The lowest BCUT2D eigenvalue weighted by molar-refractivity contribution is 0.0971. The maximum atomic E-state index is 12.0. The summed E-state index contributed by atoms with van der Waals surface area (Å²) < 4.78 is 0. The molecule has 0 saturated heterocycles. The zero-order chi connectivity index (χ0) is 12.1. The second-order valence-corrected chi connectivity index (χ2v) is 4.39. The van der Waals surface area contributed by atoms with E-state index in [1.807, 2.05) is 32.0 Å². The molecule has 2 heteroatoms. The van der Waals surface area contributed by atoms with E-state index in [1.165, 1.54) is 11.1 Å². The standard InChI is InChI=1S/C14H21NO/c1-5-15-12(4)9-14(16)13-7-6-10(2)11(3)8-13/h6-8,12,15H,5,9H2,1-4H3. The van der Waals surface area contributed by atoms with Gasteiger partial charge in [-0.1, -0.05) is 19.1 Å². The third-order valence-electron chi connectivity index (χ3n) is 2.87. The van der Waals surface area contributed by atoms with Gasteiger partial charge in [-0.2, -0.15) is 0 Å². The fraction of sp³-hybridized carbons (Fsp3) is 0.500. The number of Topliss-reactive ketones (excluding diaryl/α,β-unsaturated/α-hetero) is 1. The lowest BCUT2D eigenvalue weighted by atomic mass is 10.0. The number of benzene rings is 1. The first-order valence-corrected chi connectivity index (χ1v) is 5.88. The monoisotopic (exact) mass is 219 g/mol. The van der Waals surface area contributed by atoms with Crippen LogP contribution in [0.25, 0.3) is 0 Å². The Hall–Kier alpha value is -1.15. The molecule has 0 amide bonds. The predicted octanol–water partition coefficient (Wildman–Crippen LogP) is 2.87. The molecule has 0 aliphatic carbocycles. The summed E-state index contributed by atoms with van der Waals surface area (Å²) in [7, 11) is 0. The van der Waals surface area contributed by atoms with E-state index in [2.05, 4.69) is 19.2 Å². The van der Waals surface area contributed by atoms with E-state index in [0.717, 1.165) is 12.1 Å². The van der Waals surface area contributed by atoms with Crippen LogP contribution in [0.4, 0.5) is 0 Å². The minimum Gasteiger partial charge on any atom is -0.314 e. The molecule has 0 aromatic heterocycles. The molecule has 16 heavy (non-hydrogen) atoms. The molecule has 1 rings (SSSR count). The van der Waals surface area contributed by atoms with Crippen molar-refractivity contribution in [3.05, 3.63) is 34.9 Å². The summed E-state index contributed by atoms with van der Waals surface area (Å²) in [5.41, 5.74) is 3.24. The van der Waals surface area contributed by atoms with Gasteiger partial charge in [0.2, 0.25) is 0 Å². The molecule has 0 bridgehead atoms. The molecule has 1 N–H and O–H groups in total. The largest absolute Gasteiger partial charge is 0.314 e.